The second-order valence-corrected chi connectivity index (χ2v) is 3.71. The predicted octanol–water partition coefficient (Wildman–Crippen LogP) is 2.12. The molecule has 0 spiro atoms. The first-order chi connectivity index (χ1) is 6.20. The minimum atomic E-state index is 0.238. The van der Waals surface area contributed by atoms with E-state index in [-0.39, 0.29) is 5.28 Å². The number of hydrogen-bond donors (Lipinski definition) is 0. The molecule has 2 heterocycles. The van der Waals surface area contributed by atoms with Crippen LogP contribution >= 0.6 is 23.2 Å². The first kappa shape index (κ1) is 9.19. The van der Waals surface area contributed by atoms with E-state index in [1.807, 2.05) is 0 Å². The van der Waals surface area contributed by atoms with Crippen LogP contribution in [0.4, 0.5) is 0 Å². The second-order valence-electron chi connectivity index (χ2n) is 3.01. The fourth-order valence-corrected chi connectivity index (χ4v) is 1.95. The van der Waals surface area contributed by atoms with Crippen molar-refractivity contribution in [3.63, 3.8) is 0 Å². The van der Waals surface area contributed by atoms with Gasteiger partial charge in [0.1, 0.15) is 5.15 Å². The van der Waals surface area contributed by atoms with E-state index in [0.29, 0.717) is 5.15 Å². The van der Waals surface area contributed by atoms with Crippen molar-refractivity contribution in [2.24, 2.45) is 0 Å². The third-order valence-electron chi connectivity index (χ3n) is 2.22. The number of rotatable bonds is 1. The van der Waals surface area contributed by atoms with E-state index in [2.05, 4.69) is 21.8 Å². The van der Waals surface area contributed by atoms with Gasteiger partial charge < -0.3 is 0 Å². The van der Waals surface area contributed by atoms with E-state index < -0.39 is 0 Å². The summed E-state index contributed by atoms with van der Waals surface area (Å²) in [6, 6.07) is 0. The van der Waals surface area contributed by atoms with Crippen molar-refractivity contribution in [3.05, 3.63) is 21.7 Å². The van der Waals surface area contributed by atoms with Gasteiger partial charge in [0.2, 0.25) is 5.28 Å². The Hall–Kier alpha value is -0.380. The molecule has 0 radical (unpaired) electrons. The van der Waals surface area contributed by atoms with Crippen molar-refractivity contribution >= 4 is 23.2 Å². The van der Waals surface area contributed by atoms with E-state index in [1.54, 1.807) is 0 Å². The summed E-state index contributed by atoms with van der Waals surface area (Å²) in [6.07, 6.45) is 0. The third kappa shape index (κ3) is 1.64. The topological polar surface area (TPSA) is 29.0 Å². The maximum atomic E-state index is 5.93. The fraction of sp³-hybridized carbons (Fsp3) is 0.500. The average Bonchev–Trinajstić information content (AvgIpc) is 2.47. The van der Waals surface area contributed by atoms with Gasteiger partial charge in [-0.25, -0.2) is 9.97 Å². The van der Waals surface area contributed by atoms with Crippen molar-refractivity contribution < 1.29 is 0 Å². The Bertz CT molecular complexity index is 340. The second kappa shape index (κ2) is 3.40. The SMILES string of the molecule is CCN1Cc2nc(Cl)nc(Cl)c2C1. The minimum Gasteiger partial charge on any atom is -0.293 e. The summed E-state index contributed by atoms with van der Waals surface area (Å²) in [7, 11) is 0. The summed E-state index contributed by atoms with van der Waals surface area (Å²) < 4.78 is 0. The molecular formula is C8H9Cl2N3. The highest BCUT2D eigenvalue weighted by Crippen LogP contribution is 2.27. The first-order valence-electron chi connectivity index (χ1n) is 4.14. The van der Waals surface area contributed by atoms with E-state index >= 15 is 0 Å². The summed E-state index contributed by atoms with van der Waals surface area (Å²) in [4.78, 5) is 10.3. The molecule has 2 rings (SSSR count). The van der Waals surface area contributed by atoms with Gasteiger partial charge in [-0.1, -0.05) is 18.5 Å². The molecule has 13 heavy (non-hydrogen) atoms. The third-order valence-corrected chi connectivity index (χ3v) is 2.70. The van der Waals surface area contributed by atoms with Gasteiger partial charge in [0.25, 0.3) is 0 Å². The monoisotopic (exact) mass is 217 g/mol. The van der Waals surface area contributed by atoms with E-state index in [1.165, 1.54) is 0 Å². The molecule has 1 aliphatic rings. The van der Waals surface area contributed by atoms with Crippen LogP contribution in [-0.4, -0.2) is 21.4 Å². The maximum Gasteiger partial charge on any atom is 0.224 e. The number of hydrogen-bond acceptors (Lipinski definition) is 3. The van der Waals surface area contributed by atoms with Gasteiger partial charge in [0, 0.05) is 18.7 Å². The molecule has 1 aromatic heterocycles. The molecule has 0 bridgehead atoms. The van der Waals surface area contributed by atoms with Gasteiger partial charge in [-0.3, -0.25) is 4.90 Å². The molecule has 0 saturated heterocycles. The minimum absolute atomic E-state index is 0.238. The molecule has 5 heteroatoms. The highest BCUT2D eigenvalue weighted by molar-refractivity contribution is 6.32. The molecule has 0 atom stereocenters. The van der Waals surface area contributed by atoms with Crippen LogP contribution in [0.15, 0.2) is 0 Å². The number of halogens is 2. The van der Waals surface area contributed by atoms with Crippen LogP contribution in [0.25, 0.3) is 0 Å². The highest BCUT2D eigenvalue weighted by Gasteiger charge is 2.22. The molecule has 0 saturated carbocycles. The van der Waals surface area contributed by atoms with Crippen LogP contribution in [-0.2, 0) is 13.1 Å². The van der Waals surface area contributed by atoms with Gasteiger partial charge in [0.05, 0.1) is 5.69 Å². The average molecular weight is 218 g/mol. The Labute approximate surface area is 86.7 Å². The van der Waals surface area contributed by atoms with Crippen LogP contribution in [0.1, 0.15) is 18.2 Å². The van der Waals surface area contributed by atoms with Crippen LogP contribution in [0.5, 0.6) is 0 Å². The smallest absolute Gasteiger partial charge is 0.224 e. The summed E-state index contributed by atoms with van der Waals surface area (Å²) in [5, 5.41) is 0.729. The quantitative estimate of drug-likeness (QED) is 0.534. The van der Waals surface area contributed by atoms with Crippen molar-refractivity contribution in [1.82, 2.24) is 14.9 Å². The Morgan fingerprint density at radius 3 is 2.77 bits per heavy atom. The lowest BCUT2D eigenvalue weighted by atomic mass is 10.3. The normalized spacial score (nSPS) is 16.2. The number of aromatic nitrogens is 2. The number of fused-ring (bicyclic) bond motifs is 1. The first-order valence-corrected chi connectivity index (χ1v) is 4.89. The van der Waals surface area contributed by atoms with Gasteiger partial charge >= 0.3 is 0 Å². The summed E-state index contributed by atoms with van der Waals surface area (Å²) in [5.74, 6) is 0. The van der Waals surface area contributed by atoms with Gasteiger partial charge in [-0.05, 0) is 18.1 Å². The van der Waals surface area contributed by atoms with Crippen molar-refractivity contribution in [2.75, 3.05) is 6.54 Å². The van der Waals surface area contributed by atoms with Gasteiger partial charge in [-0.15, -0.1) is 0 Å². The summed E-state index contributed by atoms with van der Waals surface area (Å²) >= 11 is 11.6. The Morgan fingerprint density at radius 1 is 1.31 bits per heavy atom. The molecule has 0 aromatic carbocycles. The zero-order chi connectivity index (χ0) is 9.42. The zero-order valence-corrected chi connectivity index (χ0v) is 8.73. The number of nitrogens with zero attached hydrogens (tertiary/aromatic N) is 3. The highest BCUT2D eigenvalue weighted by atomic mass is 35.5. The molecule has 0 amide bonds. The van der Waals surface area contributed by atoms with Crippen molar-refractivity contribution in [1.29, 1.82) is 0 Å². The Kier molecular flexibility index (Phi) is 2.41. The van der Waals surface area contributed by atoms with Gasteiger partial charge in [-0.2, -0.15) is 0 Å². The summed E-state index contributed by atoms with van der Waals surface area (Å²) in [5.41, 5.74) is 1.99. The molecule has 0 fully saturated rings. The van der Waals surface area contributed by atoms with Crippen molar-refractivity contribution in [2.45, 2.75) is 20.0 Å². The molecule has 0 N–H and O–H groups in total. The lowest BCUT2D eigenvalue weighted by molar-refractivity contribution is 0.299. The molecule has 0 unspecified atom stereocenters. The largest absolute Gasteiger partial charge is 0.293 e. The Morgan fingerprint density at radius 2 is 2.08 bits per heavy atom. The van der Waals surface area contributed by atoms with Crippen LogP contribution in [0, 0.1) is 0 Å². The van der Waals surface area contributed by atoms with E-state index in [4.69, 9.17) is 23.2 Å². The lowest BCUT2D eigenvalue weighted by Gasteiger charge is -2.08. The molecule has 0 aliphatic carbocycles. The van der Waals surface area contributed by atoms with Gasteiger partial charge in [0.15, 0.2) is 0 Å². The van der Waals surface area contributed by atoms with E-state index in [0.717, 1.165) is 30.9 Å². The van der Waals surface area contributed by atoms with Crippen molar-refractivity contribution in [3.8, 4) is 0 Å². The van der Waals surface area contributed by atoms with Crippen LogP contribution in [0.3, 0.4) is 0 Å². The standard InChI is InChI=1S/C8H9Cl2N3/c1-2-13-3-5-6(4-13)11-8(10)12-7(5)9/h2-4H2,1H3. The zero-order valence-electron chi connectivity index (χ0n) is 7.22. The van der Waals surface area contributed by atoms with Crippen LogP contribution in [0.2, 0.25) is 10.4 Å². The molecule has 1 aromatic rings. The predicted molar refractivity (Wildman–Crippen MR) is 51.8 cm³/mol. The molecule has 70 valence electrons. The Balaban J connectivity index is 2.40. The molecular weight excluding hydrogens is 209 g/mol. The molecule has 3 nitrogen and oxygen atoms in total. The maximum absolute atomic E-state index is 5.93. The van der Waals surface area contributed by atoms with E-state index in [9.17, 15) is 0 Å². The fourth-order valence-electron chi connectivity index (χ4n) is 1.47. The lowest BCUT2D eigenvalue weighted by Crippen LogP contribution is -2.14. The molecule has 1 aliphatic heterocycles. The summed E-state index contributed by atoms with van der Waals surface area (Å²) in [6.45, 7) is 4.76. The van der Waals surface area contributed by atoms with Crippen LogP contribution < -0.4 is 0 Å².